The number of nitrogens with one attached hydrogen (secondary N) is 2. The maximum atomic E-state index is 5.37. The maximum absolute atomic E-state index is 5.37. The van der Waals surface area contributed by atoms with Gasteiger partial charge in [0, 0.05) is 37.3 Å². The van der Waals surface area contributed by atoms with Crippen LogP contribution in [0, 0.1) is 0 Å². The van der Waals surface area contributed by atoms with Crippen molar-refractivity contribution in [1.82, 2.24) is 15.5 Å². The number of hydrogen-bond donors (Lipinski definition) is 2. The highest BCUT2D eigenvalue weighted by molar-refractivity contribution is 5.50. The van der Waals surface area contributed by atoms with Gasteiger partial charge in [0.25, 0.3) is 0 Å². The second-order valence-electron chi connectivity index (χ2n) is 4.35. The molecule has 2 N–H and O–H groups in total. The van der Waals surface area contributed by atoms with Crippen molar-refractivity contribution < 1.29 is 4.74 Å². The molecule has 0 atom stereocenters. The second-order valence-corrected chi connectivity index (χ2v) is 4.35. The first-order valence-corrected chi connectivity index (χ1v) is 6.04. The monoisotopic (exact) mass is 222 g/mol. The van der Waals surface area contributed by atoms with Gasteiger partial charge in [-0.2, -0.15) is 5.10 Å². The van der Waals surface area contributed by atoms with Crippen LogP contribution in [0.25, 0.3) is 0 Å². The largest absolute Gasteiger partial charge is 0.378 e. The van der Waals surface area contributed by atoms with Gasteiger partial charge in [-0.3, -0.25) is 5.10 Å². The fraction of sp³-hybridized carbons (Fsp3) is 0.727. The Morgan fingerprint density at radius 1 is 1.12 bits per heavy atom. The molecule has 1 fully saturated rings. The lowest BCUT2D eigenvalue weighted by Crippen LogP contribution is -2.37. The Labute approximate surface area is 95.2 Å². The Morgan fingerprint density at radius 2 is 1.94 bits per heavy atom. The number of fused-ring (bicyclic) bond motifs is 1. The summed E-state index contributed by atoms with van der Waals surface area (Å²) >= 11 is 0. The van der Waals surface area contributed by atoms with E-state index in [4.69, 9.17) is 4.74 Å². The van der Waals surface area contributed by atoms with E-state index in [1.54, 1.807) is 0 Å². The molecule has 0 spiro atoms. The molecule has 0 aromatic carbocycles. The van der Waals surface area contributed by atoms with E-state index in [9.17, 15) is 0 Å². The Bertz CT molecular complexity index is 357. The first-order valence-electron chi connectivity index (χ1n) is 6.04. The van der Waals surface area contributed by atoms with Crippen molar-refractivity contribution in [3.63, 3.8) is 0 Å². The molecule has 3 heterocycles. The standard InChI is InChI=1S/C11H18N4O/c1-3-12-4-2-10-9(1)11(14-13-10)15-5-7-16-8-6-15/h12H,1-8H2,(H,13,14). The van der Waals surface area contributed by atoms with Gasteiger partial charge >= 0.3 is 0 Å². The van der Waals surface area contributed by atoms with Gasteiger partial charge in [0.2, 0.25) is 0 Å². The summed E-state index contributed by atoms with van der Waals surface area (Å²) in [6, 6.07) is 0. The topological polar surface area (TPSA) is 53.2 Å². The lowest BCUT2D eigenvalue weighted by Gasteiger charge is -2.27. The summed E-state index contributed by atoms with van der Waals surface area (Å²) in [7, 11) is 0. The van der Waals surface area contributed by atoms with Crippen LogP contribution in [0.3, 0.4) is 0 Å². The molecule has 1 aromatic heterocycles. The van der Waals surface area contributed by atoms with E-state index < -0.39 is 0 Å². The fourth-order valence-corrected chi connectivity index (χ4v) is 2.45. The van der Waals surface area contributed by atoms with E-state index in [-0.39, 0.29) is 0 Å². The highest BCUT2D eigenvalue weighted by Crippen LogP contribution is 2.23. The molecule has 0 bridgehead atoms. The lowest BCUT2D eigenvalue weighted by molar-refractivity contribution is 0.122. The smallest absolute Gasteiger partial charge is 0.154 e. The third-order valence-electron chi connectivity index (χ3n) is 3.35. The minimum atomic E-state index is 0.819. The van der Waals surface area contributed by atoms with Crippen molar-refractivity contribution in [2.24, 2.45) is 0 Å². The SMILES string of the molecule is C1Cc2[nH]nc(N3CCOCC3)c2CCN1. The Hall–Kier alpha value is -1.07. The molecular formula is C11H18N4O. The van der Waals surface area contributed by atoms with Gasteiger partial charge in [0.1, 0.15) is 0 Å². The summed E-state index contributed by atoms with van der Waals surface area (Å²) in [6.45, 7) is 5.68. The molecule has 5 nitrogen and oxygen atoms in total. The van der Waals surface area contributed by atoms with Crippen molar-refractivity contribution in [3.05, 3.63) is 11.3 Å². The van der Waals surface area contributed by atoms with Gasteiger partial charge in [-0.15, -0.1) is 0 Å². The molecule has 5 heteroatoms. The molecule has 0 unspecified atom stereocenters. The van der Waals surface area contributed by atoms with Crippen molar-refractivity contribution in [2.45, 2.75) is 12.8 Å². The van der Waals surface area contributed by atoms with Gasteiger partial charge in [-0.05, 0) is 13.0 Å². The lowest BCUT2D eigenvalue weighted by atomic mass is 10.1. The van der Waals surface area contributed by atoms with Crippen LogP contribution in [0.2, 0.25) is 0 Å². The molecule has 1 saturated heterocycles. The number of H-pyrrole nitrogens is 1. The molecule has 2 aliphatic heterocycles. The van der Waals surface area contributed by atoms with Crippen LogP contribution in [-0.4, -0.2) is 49.6 Å². The first kappa shape index (κ1) is 10.1. The molecule has 0 aliphatic carbocycles. The summed E-state index contributed by atoms with van der Waals surface area (Å²) in [4.78, 5) is 2.34. The van der Waals surface area contributed by atoms with Crippen LogP contribution in [0.4, 0.5) is 5.82 Å². The first-order chi connectivity index (χ1) is 7.95. The normalized spacial score (nSPS) is 21.6. The summed E-state index contributed by atoms with van der Waals surface area (Å²) in [5, 5.41) is 11.1. The Kier molecular flexibility index (Phi) is 2.80. The minimum Gasteiger partial charge on any atom is -0.378 e. The van der Waals surface area contributed by atoms with Crippen LogP contribution in [0.15, 0.2) is 0 Å². The highest BCUT2D eigenvalue weighted by atomic mass is 16.5. The molecule has 2 aliphatic rings. The summed E-state index contributed by atoms with van der Waals surface area (Å²) < 4.78 is 5.37. The Balaban J connectivity index is 1.86. The minimum absolute atomic E-state index is 0.819. The average molecular weight is 222 g/mol. The van der Waals surface area contributed by atoms with E-state index in [0.717, 1.165) is 58.1 Å². The third-order valence-corrected chi connectivity index (χ3v) is 3.35. The quantitative estimate of drug-likeness (QED) is 0.698. The van der Waals surface area contributed by atoms with E-state index in [0.29, 0.717) is 0 Å². The predicted octanol–water partition coefficient (Wildman–Crippen LogP) is -0.0655. The molecule has 16 heavy (non-hydrogen) atoms. The number of nitrogens with zero attached hydrogens (tertiary/aromatic N) is 2. The zero-order chi connectivity index (χ0) is 10.8. The van der Waals surface area contributed by atoms with Crippen molar-refractivity contribution in [1.29, 1.82) is 0 Å². The summed E-state index contributed by atoms with van der Waals surface area (Å²) in [6.07, 6.45) is 2.14. The van der Waals surface area contributed by atoms with Crippen LogP contribution in [-0.2, 0) is 17.6 Å². The number of aromatic nitrogens is 2. The molecule has 0 radical (unpaired) electrons. The van der Waals surface area contributed by atoms with Crippen LogP contribution >= 0.6 is 0 Å². The number of rotatable bonds is 1. The number of hydrogen-bond acceptors (Lipinski definition) is 4. The highest BCUT2D eigenvalue weighted by Gasteiger charge is 2.21. The number of morpholine rings is 1. The van der Waals surface area contributed by atoms with E-state index >= 15 is 0 Å². The van der Waals surface area contributed by atoms with Crippen LogP contribution in [0.1, 0.15) is 11.3 Å². The molecule has 0 saturated carbocycles. The zero-order valence-electron chi connectivity index (χ0n) is 9.46. The van der Waals surface area contributed by atoms with Gasteiger partial charge < -0.3 is 15.0 Å². The predicted molar refractivity (Wildman–Crippen MR) is 61.9 cm³/mol. The van der Waals surface area contributed by atoms with E-state index in [2.05, 4.69) is 20.4 Å². The molecule has 0 amide bonds. The van der Waals surface area contributed by atoms with Crippen LogP contribution in [0.5, 0.6) is 0 Å². The summed E-state index contributed by atoms with van der Waals surface area (Å²) in [5.41, 5.74) is 2.72. The number of anilines is 1. The molecule has 1 aromatic rings. The van der Waals surface area contributed by atoms with Gasteiger partial charge in [-0.1, -0.05) is 0 Å². The maximum Gasteiger partial charge on any atom is 0.154 e. The van der Waals surface area contributed by atoms with E-state index in [1.807, 2.05) is 0 Å². The van der Waals surface area contributed by atoms with Gasteiger partial charge in [0.15, 0.2) is 5.82 Å². The van der Waals surface area contributed by atoms with Crippen molar-refractivity contribution in [2.75, 3.05) is 44.3 Å². The fourth-order valence-electron chi connectivity index (χ4n) is 2.45. The molecule has 88 valence electrons. The molecule has 3 rings (SSSR count). The van der Waals surface area contributed by atoms with Crippen molar-refractivity contribution in [3.8, 4) is 0 Å². The number of ether oxygens (including phenoxy) is 1. The molecular weight excluding hydrogens is 204 g/mol. The third kappa shape index (κ3) is 1.81. The van der Waals surface area contributed by atoms with Crippen LogP contribution < -0.4 is 10.2 Å². The average Bonchev–Trinajstić information content (AvgIpc) is 2.60. The summed E-state index contributed by atoms with van der Waals surface area (Å²) in [5.74, 6) is 1.15. The number of aromatic amines is 1. The van der Waals surface area contributed by atoms with Gasteiger partial charge in [0.05, 0.1) is 13.2 Å². The second kappa shape index (κ2) is 4.43. The Morgan fingerprint density at radius 3 is 2.81 bits per heavy atom. The zero-order valence-corrected chi connectivity index (χ0v) is 9.46. The van der Waals surface area contributed by atoms with Crippen molar-refractivity contribution >= 4 is 5.82 Å². The van der Waals surface area contributed by atoms with Gasteiger partial charge in [-0.25, -0.2) is 0 Å². The van der Waals surface area contributed by atoms with E-state index in [1.165, 1.54) is 11.3 Å².